The maximum Gasteiger partial charge on any atom is 0.227 e. The van der Waals surface area contributed by atoms with Gasteiger partial charge < -0.3 is 4.90 Å². The Morgan fingerprint density at radius 3 is 2.54 bits per heavy atom. The summed E-state index contributed by atoms with van der Waals surface area (Å²) in [6, 6.07) is 0. The molecular weight excluding hydrogens is 328 g/mol. The van der Waals surface area contributed by atoms with E-state index in [1.165, 1.54) is 5.56 Å². The minimum Gasteiger partial charge on any atom is -0.340 e. The molecule has 3 heterocycles. The Kier molecular flexibility index (Phi) is 5.20. The number of aromatic nitrogens is 4. The summed E-state index contributed by atoms with van der Waals surface area (Å²) in [5.74, 6) is 0.0773. The second kappa shape index (κ2) is 7.36. The molecule has 0 saturated carbocycles. The highest BCUT2D eigenvalue weighted by atomic mass is 35.5. The molecule has 1 atom stereocenters. The van der Waals surface area contributed by atoms with Crippen LogP contribution in [0.5, 0.6) is 0 Å². The summed E-state index contributed by atoms with van der Waals surface area (Å²) in [6.45, 7) is 6.70. The van der Waals surface area contributed by atoms with E-state index in [-0.39, 0.29) is 11.8 Å². The fourth-order valence-electron chi connectivity index (χ4n) is 3.05. The number of hydrogen-bond acceptors (Lipinski definition) is 4. The molecule has 24 heavy (non-hydrogen) atoms. The maximum atomic E-state index is 12.6. The lowest BCUT2D eigenvalue weighted by molar-refractivity contribution is -0.137. The first-order chi connectivity index (χ1) is 11.5. The number of halogens is 1. The summed E-state index contributed by atoms with van der Waals surface area (Å²) in [5.41, 5.74) is 1.21. The molecule has 0 radical (unpaired) electrons. The second-order valence-electron chi connectivity index (χ2n) is 6.41. The summed E-state index contributed by atoms with van der Waals surface area (Å²) in [6.07, 6.45) is 7.27. The van der Waals surface area contributed by atoms with Crippen molar-refractivity contribution in [2.75, 3.05) is 26.2 Å². The first kappa shape index (κ1) is 17.0. The van der Waals surface area contributed by atoms with Gasteiger partial charge in [-0.25, -0.2) is 0 Å². The van der Waals surface area contributed by atoms with E-state index in [2.05, 4.69) is 15.1 Å². The van der Waals surface area contributed by atoms with Crippen LogP contribution in [0.2, 0.25) is 5.02 Å². The van der Waals surface area contributed by atoms with Crippen molar-refractivity contribution in [1.82, 2.24) is 29.4 Å². The van der Waals surface area contributed by atoms with E-state index >= 15 is 0 Å². The zero-order chi connectivity index (χ0) is 17.1. The Morgan fingerprint density at radius 2 is 1.96 bits per heavy atom. The lowest BCUT2D eigenvalue weighted by atomic mass is 10.1. The van der Waals surface area contributed by atoms with Crippen LogP contribution >= 0.6 is 11.6 Å². The molecule has 0 aromatic carbocycles. The number of amides is 1. The summed E-state index contributed by atoms with van der Waals surface area (Å²) >= 11 is 5.87. The zero-order valence-corrected chi connectivity index (χ0v) is 14.9. The first-order valence-electron chi connectivity index (χ1n) is 8.18. The van der Waals surface area contributed by atoms with Crippen LogP contribution in [0.3, 0.4) is 0 Å². The van der Waals surface area contributed by atoms with Crippen molar-refractivity contribution >= 4 is 17.5 Å². The van der Waals surface area contributed by atoms with Crippen LogP contribution in [0.25, 0.3) is 0 Å². The first-order valence-corrected chi connectivity index (χ1v) is 8.55. The minimum atomic E-state index is -0.106. The van der Waals surface area contributed by atoms with E-state index in [4.69, 9.17) is 11.6 Å². The van der Waals surface area contributed by atoms with Gasteiger partial charge in [-0.2, -0.15) is 10.2 Å². The molecule has 0 N–H and O–H groups in total. The summed E-state index contributed by atoms with van der Waals surface area (Å²) in [7, 11) is 1.92. The third kappa shape index (κ3) is 4.15. The van der Waals surface area contributed by atoms with Crippen molar-refractivity contribution < 1.29 is 4.79 Å². The highest BCUT2D eigenvalue weighted by Crippen LogP contribution is 2.13. The predicted octanol–water partition coefficient (Wildman–Crippen LogP) is 1.25. The van der Waals surface area contributed by atoms with Crippen molar-refractivity contribution in [3.63, 3.8) is 0 Å². The van der Waals surface area contributed by atoms with Crippen LogP contribution in [-0.2, 0) is 24.9 Å². The minimum absolute atomic E-state index is 0.106. The monoisotopic (exact) mass is 350 g/mol. The van der Waals surface area contributed by atoms with Gasteiger partial charge in [0, 0.05) is 57.7 Å². The average molecular weight is 351 g/mol. The number of nitrogens with zero attached hydrogens (tertiary/aromatic N) is 6. The van der Waals surface area contributed by atoms with Crippen LogP contribution in [-0.4, -0.2) is 61.4 Å². The Balaban J connectivity index is 1.47. The fourth-order valence-corrected chi connectivity index (χ4v) is 3.20. The van der Waals surface area contributed by atoms with Gasteiger partial charge in [-0.1, -0.05) is 18.5 Å². The highest BCUT2D eigenvalue weighted by Gasteiger charge is 2.25. The van der Waals surface area contributed by atoms with Gasteiger partial charge in [0.25, 0.3) is 0 Å². The molecule has 1 aliphatic rings. The molecule has 2 aromatic heterocycles. The van der Waals surface area contributed by atoms with E-state index in [0.29, 0.717) is 11.6 Å². The molecule has 1 saturated heterocycles. The smallest absolute Gasteiger partial charge is 0.227 e. The summed E-state index contributed by atoms with van der Waals surface area (Å²) in [5, 5.41) is 8.94. The predicted molar refractivity (Wildman–Crippen MR) is 91.5 cm³/mol. The van der Waals surface area contributed by atoms with Gasteiger partial charge in [-0.05, 0) is 0 Å². The van der Waals surface area contributed by atoms with Crippen molar-refractivity contribution in [2.24, 2.45) is 13.0 Å². The fraction of sp³-hybridized carbons (Fsp3) is 0.562. The zero-order valence-electron chi connectivity index (χ0n) is 14.1. The van der Waals surface area contributed by atoms with Gasteiger partial charge in [0.2, 0.25) is 5.91 Å². The SMILES string of the molecule is CC(Cn1cc(Cl)cn1)C(=O)N1CCN(Cc2cnn(C)c2)CC1. The number of carbonyl (C=O) groups is 1. The topological polar surface area (TPSA) is 59.2 Å². The Hall–Kier alpha value is -1.86. The normalized spacial score (nSPS) is 17.2. The van der Waals surface area contributed by atoms with Gasteiger partial charge in [0.15, 0.2) is 0 Å². The van der Waals surface area contributed by atoms with E-state index < -0.39 is 0 Å². The quantitative estimate of drug-likeness (QED) is 0.814. The number of hydrogen-bond donors (Lipinski definition) is 0. The van der Waals surface area contributed by atoms with Crippen LogP contribution in [0.15, 0.2) is 24.8 Å². The molecule has 7 nitrogen and oxygen atoms in total. The van der Waals surface area contributed by atoms with Crippen molar-refractivity contribution in [3.05, 3.63) is 35.4 Å². The Labute approximate surface area is 146 Å². The van der Waals surface area contributed by atoms with Crippen LogP contribution in [0.4, 0.5) is 0 Å². The number of piperazine rings is 1. The van der Waals surface area contributed by atoms with Crippen molar-refractivity contribution in [2.45, 2.75) is 20.0 Å². The van der Waals surface area contributed by atoms with Crippen molar-refractivity contribution in [3.8, 4) is 0 Å². The molecule has 1 unspecified atom stereocenters. The highest BCUT2D eigenvalue weighted by molar-refractivity contribution is 6.30. The van der Waals surface area contributed by atoms with Crippen molar-refractivity contribution in [1.29, 1.82) is 0 Å². The van der Waals surface area contributed by atoms with Crippen LogP contribution in [0, 0.1) is 5.92 Å². The lowest BCUT2D eigenvalue weighted by Gasteiger charge is -2.35. The summed E-state index contributed by atoms with van der Waals surface area (Å²) in [4.78, 5) is 16.9. The third-order valence-electron chi connectivity index (χ3n) is 4.33. The molecule has 1 fully saturated rings. The largest absolute Gasteiger partial charge is 0.340 e. The second-order valence-corrected chi connectivity index (χ2v) is 6.84. The molecule has 3 rings (SSSR count). The van der Waals surface area contributed by atoms with E-state index in [0.717, 1.165) is 32.7 Å². The maximum absolute atomic E-state index is 12.6. The Morgan fingerprint density at radius 1 is 1.21 bits per heavy atom. The molecule has 0 spiro atoms. The standard InChI is InChI=1S/C16H23ClN6O/c1-13(9-23-12-15(17)8-19-23)16(24)22-5-3-21(4-6-22)11-14-7-18-20(2)10-14/h7-8,10,12-13H,3-6,9,11H2,1-2H3. The van der Waals surface area contributed by atoms with E-state index in [1.54, 1.807) is 17.1 Å². The third-order valence-corrected chi connectivity index (χ3v) is 4.53. The number of aryl methyl sites for hydroxylation is 1. The number of carbonyl (C=O) groups excluding carboxylic acids is 1. The van der Waals surface area contributed by atoms with Gasteiger partial charge in [0.05, 0.1) is 29.9 Å². The van der Waals surface area contributed by atoms with Crippen LogP contribution in [0.1, 0.15) is 12.5 Å². The Bertz CT molecular complexity index is 688. The van der Waals surface area contributed by atoms with Crippen LogP contribution < -0.4 is 0 Å². The molecule has 1 amide bonds. The molecule has 2 aromatic rings. The van der Waals surface area contributed by atoms with Gasteiger partial charge in [-0.15, -0.1) is 0 Å². The molecule has 0 aliphatic carbocycles. The van der Waals surface area contributed by atoms with Gasteiger partial charge in [-0.3, -0.25) is 19.1 Å². The average Bonchev–Trinajstić information content (AvgIpc) is 3.15. The lowest BCUT2D eigenvalue weighted by Crippen LogP contribution is -2.50. The van der Waals surface area contributed by atoms with E-state index in [1.807, 2.05) is 35.9 Å². The number of rotatable bonds is 5. The summed E-state index contributed by atoms with van der Waals surface area (Å²) < 4.78 is 3.54. The van der Waals surface area contributed by atoms with E-state index in [9.17, 15) is 4.79 Å². The molecule has 0 bridgehead atoms. The molecule has 130 valence electrons. The van der Waals surface area contributed by atoms with Gasteiger partial charge >= 0.3 is 0 Å². The molecule has 1 aliphatic heterocycles. The molecular formula is C16H23ClN6O. The molecule has 8 heteroatoms. The van der Waals surface area contributed by atoms with Gasteiger partial charge in [0.1, 0.15) is 0 Å².